The van der Waals surface area contributed by atoms with Crippen molar-refractivity contribution in [2.45, 2.75) is 110 Å². The first-order valence-corrected chi connectivity index (χ1v) is 15.1. The summed E-state index contributed by atoms with van der Waals surface area (Å²) >= 11 is 5.54. The third-order valence-corrected chi connectivity index (χ3v) is 8.39. The van der Waals surface area contributed by atoms with E-state index in [1.54, 1.807) is 6.07 Å². The largest absolute Gasteiger partial charge is 0.432 e. The molecule has 0 radical (unpaired) electrons. The van der Waals surface area contributed by atoms with Crippen molar-refractivity contribution in [3.8, 4) is 5.75 Å². The van der Waals surface area contributed by atoms with E-state index in [0.717, 1.165) is 13.0 Å². The van der Waals surface area contributed by atoms with Gasteiger partial charge in [-0.3, -0.25) is 10.1 Å². The molecule has 1 aromatic carbocycles. The van der Waals surface area contributed by atoms with Gasteiger partial charge in [0.25, 0.3) is 5.69 Å². The van der Waals surface area contributed by atoms with Gasteiger partial charge in [-0.2, -0.15) is 0 Å². The maximum atomic E-state index is 10.9. The standard InChI is InChI=1S/C24H41N2O4PS/c1-2-3-4-5-6-7-8-9-10-11-12-13-14-15-16-19-25-31(32)29-21-22-20-23(26(27)28)17-18-24(22)30-31/h17-18,20H,2-16,19,21H2,1H3,(H,25,32). The molecule has 0 saturated carbocycles. The van der Waals surface area contributed by atoms with Gasteiger partial charge in [0.05, 0.1) is 11.5 Å². The number of nitrogens with zero attached hydrogens (tertiary/aromatic N) is 1. The Morgan fingerprint density at radius 1 is 0.938 bits per heavy atom. The molecule has 0 bridgehead atoms. The number of nitrogens with one attached hydrogen (secondary N) is 1. The van der Waals surface area contributed by atoms with Crippen LogP contribution in [0, 0.1) is 10.1 Å². The summed E-state index contributed by atoms with van der Waals surface area (Å²) in [6.45, 7) is 0.739. The van der Waals surface area contributed by atoms with E-state index < -0.39 is 11.6 Å². The maximum absolute atomic E-state index is 10.9. The number of hydrogen-bond donors (Lipinski definition) is 1. The van der Waals surface area contributed by atoms with E-state index in [9.17, 15) is 10.1 Å². The first-order chi connectivity index (χ1) is 15.5. The lowest BCUT2D eigenvalue weighted by Crippen LogP contribution is -2.21. The number of fused-ring (bicyclic) bond motifs is 1. The third kappa shape index (κ3) is 10.7. The van der Waals surface area contributed by atoms with Crippen LogP contribution in [0.25, 0.3) is 0 Å². The Morgan fingerprint density at radius 3 is 2.00 bits per heavy atom. The summed E-state index contributed by atoms with van der Waals surface area (Å²) < 4.78 is 11.6. The van der Waals surface area contributed by atoms with Crippen LogP contribution in [0.3, 0.4) is 0 Å². The lowest BCUT2D eigenvalue weighted by molar-refractivity contribution is -0.385. The highest BCUT2D eigenvalue weighted by Crippen LogP contribution is 2.50. The molecule has 6 nitrogen and oxygen atoms in total. The van der Waals surface area contributed by atoms with Gasteiger partial charge in [-0.1, -0.05) is 96.8 Å². The quantitative estimate of drug-likeness (QED) is 0.0980. The Kier molecular flexibility index (Phi) is 13.4. The lowest BCUT2D eigenvalue weighted by atomic mass is 10.0. The highest BCUT2D eigenvalue weighted by atomic mass is 32.5. The molecule has 182 valence electrons. The molecule has 1 N–H and O–H groups in total. The average Bonchev–Trinajstić information content (AvgIpc) is 2.78. The Labute approximate surface area is 199 Å². The van der Waals surface area contributed by atoms with Crippen LogP contribution in [-0.2, 0) is 22.9 Å². The zero-order valence-corrected chi connectivity index (χ0v) is 21.4. The van der Waals surface area contributed by atoms with Crippen LogP contribution in [0.5, 0.6) is 5.75 Å². The van der Waals surface area contributed by atoms with Crippen LogP contribution in [0.2, 0.25) is 0 Å². The van der Waals surface area contributed by atoms with Crippen molar-refractivity contribution < 1.29 is 14.0 Å². The highest BCUT2D eigenvalue weighted by Gasteiger charge is 2.28. The second-order valence-corrected chi connectivity index (χ2v) is 12.0. The summed E-state index contributed by atoms with van der Waals surface area (Å²) in [5.74, 6) is 0.592. The molecule has 0 spiro atoms. The van der Waals surface area contributed by atoms with Crippen molar-refractivity contribution in [3.63, 3.8) is 0 Å². The van der Waals surface area contributed by atoms with Crippen molar-refractivity contribution in [3.05, 3.63) is 33.9 Å². The van der Waals surface area contributed by atoms with Crippen LogP contribution < -0.4 is 9.61 Å². The molecule has 1 aliphatic rings. The minimum atomic E-state index is -2.56. The molecule has 2 rings (SSSR count). The molecular weight excluding hydrogens is 443 g/mol. The molecule has 0 amide bonds. The molecule has 1 unspecified atom stereocenters. The average molecular weight is 485 g/mol. The fourth-order valence-electron chi connectivity index (χ4n) is 3.98. The van der Waals surface area contributed by atoms with Gasteiger partial charge in [0.1, 0.15) is 5.75 Å². The number of non-ortho nitro benzene ring substituents is 1. The molecular formula is C24H41N2O4PS. The predicted octanol–water partition coefficient (Wildman–Crippen LogP) is 8.19. The smallest absolute Gasteiger partial charge is 0.313 e. The molecule has 32 heavy (non-hydrogen) atoms. The lowest BCUT2D eigenvalue weighted by Gasteiger charge is -2.29. The molecule has 0 aromatic heterocycles. The fraction of sp³-hybridized carbons (Fsp3) is 0.750. The van der Waals surface area contributed by atoms with Crippen LogP contribution in [0.1, 0.15) is 109 Å². The Bertz CT molecular complexity index is 732. The van der Waals surface area contributed by atoms with E-state index in [1.165, 1.54) is 102 Å². The predicted molar refractivity (Wildman–Crippen MR) is 136 cm³/mol. The van der Waals surface area contributed by atoms with E-state index in [0.29, 0.717) is 11.3 Å². The van der Waals surface area contributed by atoms with Gasteiger partial charge in [0.15, 0.2) is 0 Å². The van der Waals surface area contributed by atoms with Crippen molar-refractivity contribution in [2.75, 3.05) is 6.54 Å². The van der Waals surface area contributed by atoms with E-state index >= 15 is 0 Å². The van der Waals surface area contributed by atoms with Crippen molar-refractivity contribution in [1.82, 2.24) is 5.09 Å². The first kappa shape index (κ1) is 27.2. The molecule has 0 fully saturated rings. The van der Waals surface area contributed by atoms with Gasteiger partial charge in [-0.15, -0.1) is 0 Å². The zero-order chi connectivity index (χ0) is 23.1. The summed E-state index contributed by atoms with van der Waals surface area (Å²) in [5, 5.41) is 14.2. The summed E-state index contributed by atoms with van der Waals surface area (Å²) in [5.41, 5.74) is 0.713. The number of unbranched alkanes of at least 4 members (excludes halogenated alkanes) is 14. The van der Waals surface area contributed by atoms with Gasteiger partial charge in [-0.25, -0.2) is 5.09 Å². The molecule has 8 heteroatoms. The number of hydrogen-bond acceptors (Lipinski definition) is 5. The van der Waals surface area contributed by atoms with Crippen LogP contribution in [-0.4, -0.2) is 11.5 Å². The number of nitro benzene ring substituents is 1. The van der Waals surface area contributed by atoms with Crippen LogP contribution in [0.4, 0.5) is 5.69 Å². The van der Waals surface area contributed by atoms with Crippen LogP contribution >= 0.6 is 6.64 Å². The zero-order valence-electron chi connectivity index (χ0n) is 19.7. The topological polar surface area (TPSA) is 73.6 Å². The van der Waals surface area contributed by atoms with Gasteiger partial charge in [-0.05, 0) is 24.3 Å². The van der Waals surface area contributed by atoms with E-state index in [2.05, 4.69) is 12.0 Å². The molecule has 1 heterocycles. The normalized spacial score (nSPS) is 17.7. The fourth-order valence-corrected chi connectivity index (χ4v) is 6.04. The minimum Gasteiger partial charge on any atom is -0.432 e. The second-order valence-electron chi connectivity index (χ2n) is 8.77. The van der Waals surface area contributed by atoms with Gasteiger partial charge < -0.3 is 9.05 Å². The monoisotopic (exact) mass is 484 g/mol. The Hall–Kier alpha value is -1.01. The minimum absolute atomic E-state index is 0.0388. The van der Waals surface area contributed by atoms with Crippen LogP contribution in [0.15, 0.2) is 18.2 Å². The Balaban J connectivity index is 1.44. The Morgan fingerprint density at radius 2 is 1.47 bits per heavy atom. The highest BCUT2D eigenvalue weighted by molar-refractivity contribution is 8.09. The number of nitro groups is 1. The van der Waals surface area contributed by atoms with Crippen molar-refractivity contribution in [1.29, 1.82) is 0 Å². The van der Waals surface area contributed by atoms with E-state index in [-0.39, 0.29) is 12.3 Å². The van der Waals surface area contributed by atoms with Crippen molar-refractivity contribution in [2.24, 2.45) is 0 Å². The molecule has 0 saturated heterocycles. The van der Waals surface area contributed by atoms with Crippen molar-refractivity contribution >= 4 is 24.1 Å². The van der Waals surface area contributed by atoms with Gasteiger partial charge in [0, 0.05) is 24.2 Å². The number of rotatable bonds is 18. The SMILES string of the molecule is CCCCCCCCCCCCCCCCCNP1(=S)OCc2cc([N+](=O)[O-])ccc2O1. The summed E-state index contributed by atoms with van der Waals surface area (Å²) in [7, 11) is 0. The van der Waals surface area contributed by atoms with Gasteiger partial charge >= 0.3 is 6.64 Å². The van der Waals surface area contributed by atoms with E-state index in [4.69, 9.17) is 20.9 Å². The molecule has 1 aromatic rings. The van der Waals surface area contributed by atoms with Gasteiger partial charge in [0.2, 0.25) is 0 Å². The first-order valence-electron chi connectivity index (χ1n) is 12.5. The molecule has 0 aliphatic carbocycles. The second kappa shape index (κ2) is 15.8. The summed E-state index contributed by atoms with van der Waals surface area (Å²) in [6, 6.07) is 4.55. The molecule has 1 aliphatic heterocycles. The third-order valence-electron chi connectivity index (χ3n) is 5.95. The van der Waals surface area contributed by atoms with E-state index in [1.807, 2.05) is 0 Å². The summed E-state index contributed by atoms with van der Waals surface area (Å²) in [6.07, 6.45) is 20.1. The maximum Gasteiger partial charge on any atom is 0.313 e. The molecule has 1 atom stereocenters. The number of benzene rings is 1. The summed E-state index contributed by atoms with van der Waals surface area (Å²) in [4.78, 5) is 10.5.